The molecule has 0 fully saturated rings. The fourth-order valence-corrected chi connectivity index (χ4v) is 1.95. The van der Waals surface area contributed by atoms with Crippen LogP contribution in [0.15, 0.2) is 24.3 Å². The van der Waals surface area contributed by atoms with Gasteiger partial charge in [-0.3, -0.25) is 4.79 Å². The monoisotopic (exact) mass is 264 g/mol. The number of rotatable bonds is 8. The third-order valence-corrected chi connectivity index (χ3v) is 3.13. The first-order valence-corrected chi connectivity index (χ1v) is 6.78. The molecule has 1 atom stereocenters. The number of carbonyl (C=O) groups is 1. The van der Waals surface area contributed by atoms with Crippen molar-refractivity contribution in [3.8, 4) is 0 Å². The molecule has 0 aliphatic heterocycles. The molecule has 1 aromatic carbocycles. The summed E-state index contributed by atoms with van der Waals surface area (Å²) in [5.41, 5.74) is 2.34. The Morgan fingerprint density at radius 3 is 2.79 bits per heavy atom. The Bertz CT molecular complexity index is 407. The fourth-order valence-electron chi connectivity index (χ4n) is 1.95. The number of hydrogen-bond acceptors (Lipinski definition) is 3. The molecule has 0 aliphatic rings. The number of anilines is 1. The van der Waals surface area contributed by atoms with E-state index in [0.717, 1.165) is 25.2 Å². The molecule has 1 rings (SSSR count). The van der Waals surface area contributed by atoms with Crippen molar-refractivity contribution in [1.82, 2.24) is 5.32 Å². The molecule has 0 aromatic heterocycles. The van der Waals surface area contributed by atoms with Gasteiger partial charge in [-0.25, -0.2) is 0 Å². The number of hydrogen-bond donors (Lipinski definition) is 2. The number of benzene rings is 1. The van der Waals surface area contributed by atoms with Crippen molar-refractivity contribution >= 4 is 11.7 Å². The van der Waals surface area contributed by atoms with Gasteiger partial charge in [0.25, 0.3) is 0 Å². The highest BCUT2D eigenvalue weighted by atomic mass is 16.4. The number of aryl methyl sites for hydroxylation is 1. The standard InChI is InChI=1S/C15H24N2O2/c1-4-9-16-14(15(18)19)8-10-17(3)13-7-5-6-12(2)11-13/h5-7,11,14,16H,4,8-10H2,1-3H3,(H,18,19). The van der Waals surface area contributed by atoms with E-state index in [1.54, 1.807) is 0 Å². The summed E-state index contributed by atoms with van der Waals surface area (Å²) < 4.78 is 0. The second-order valence-corrected chi connectivity index (χ2v) is 4.89. The minimum Gasteiger partial charge on any atom is -0.480 e. The summed E-state index contributed by atoms with van der Waals surface area (Å²) in [6.07, 6.45) is 1.54. The van der Waals surface area contributed by atoms with Gasteiger partial charge in [-0.1, -0.05) is 19.1 Å². The lowest BCUT2D eigenvalue weighted by Crippen LogP contribution is -2.39. The minimum absolute atomic E-state index is 0.466. The maximum absolute atomic E-state index is 11.1. The molecule has 0 saturated heterocycles. The number of nitrogens with one attached hydrogen (secondary N) is 1. The summed E-state index contributed by atoms with van der Waals surface area (Å²) in [6, 6.07) is 7.76. The van der Waals surface area contributed by atoms with Crippen molar-refractivity contribution in [2.45, 2.75) is 32.7 Å². The van der Waals surface area contributed by atoms with Crippen LogP contribution in [-0.2, 0) is 4.79 Å². The van der Waals surface area contributed by atoms with E-state index in [0.29, 0.717) is 6.42 Å². The van der Waals surface area contributed by atoms with Crippen molar-refractivity contribution in [2.24, 2.45) is 0 Å². The number of carboxylic acid groups (broad SMARTS) is 1. The van der Waals surface area contributed by atoms with E-state index < -0.39 is 12.0 Å². The smallest absolute Gasteiger partial charge is 0.320 e. The van der Waals surface area contributed by atoms with E-state index in [1.807, 2.05) is 26.1 Å². The van der Waals surface area contributed by atoms with Gasteiger partial charge in [0.2, 0.25) is 0 Å². The van der Waals surface area contributed by atoms with Gasteiger partial charge in [0.15, 0.2) is 0 Å². The largest absolute Gasteiger partial charge is 0.480 e. The Morgan fingerprint density at radius 2 is 2.21 bits per heavy atom. The maximum atomic E-state index is 11.1. The van der Waals surface area contributed by atoms with Crippen molar-refractivity contribution in [1.29, 1.82) is 0 Å². The molecular weight excluding hydrogens is 240 g/mol. The summed E-state index contributed by atoms with van der Waals surface area (Å²) in [5, 5.41) is 12.2. The number of carboxylic acids is 1. The number of aliphatic carboxylic acids is 1. The van der Waals surface area contributed by atoms with Crippen LogP contribution >= 0.6 is 0 Å². The summed E-state index contributed by atoms with van der Waals surface area (Å²) in [4.78, 5) is 13.2. The van der Waals surface area contributed by atoms with Crippen molar-refractivity contribution in [3.63, 3.8) is 0 Å². The van der Waals surface area contributed by atoms with Crippen molar-refractivity contribution in [3.05, 3.63) is 29.8 Å². The van der Waals surface area contributed by atoms with E-state index in [4.69, 9.17) is 5.11 Å². The SMILES string of the molecule is CCCNC(CCN(C)c1cccc(C)c1)C(=O)O. The molecule has 0 spiro atoms. The highest BCUT2D eigenvalue weighted by Gasteiger charge is 2.16. The first kappa shape index (κ1) is 15.5. The van der Waals surface area contributed by atoms with Crippen molar-refractivity contribution < 1.29 is 9.90 Å². The van der Waals surface area contributed by atoms with Crippen LogP contribution < -0.4 is 10.2 Å². The molecule has 4 heteroatoms. The number of nitrogens with zero attached hydrogens (tertiary/aromatic N) is 1. The molecule has 0 radical (unpaired) electrons. The van der Waals surface area contributed by atoms with Gasteiger partial charge in [-0.15, -0.1) is 0 Å². The predicted molar refractivity (Wildman–Crippen MR) is 78.8 cm³/mol. The summed E-state index contributed by atoms with van der Waals surface area (Å²) >= 11 is 0. The quantitative estimate of drug-likeness (QED) is 0.756. The zero-order valence-electron chi connectivity index (χ0n) is 12.0. The third kappa shape index (κ3) is 5.30. The molecule has 1 aromatic rings. The summed E-state index contributed by atoms with van der Waals surface area (Å²) in [6.45, 7) is 5.55. The van der Waals surface area contributed by atoms with Crippen molar-refractivity contribution in [2.75, 3.05) is 25.0 Å². The zero-order valence-corrected chi connectivity index (χ0v) is 12.0. The second kappa shape index (κ2) is 7.79. The molecule has 0 amide bonds. The van der Waals surface area contributed by atoms with Gasteiger partial charge in [0, 0.05) is 19.3 Å². The first-order valence-electron chi connectivity index (χ1n) is 6.78. The van der Waals surface area contributed by atoms with Crippen LogP contribution in [0.4, 0.5) is 5.69 Å². The molecule has 0 saturated carbocycles. The average molecular weight is 264 g/mol. The normalized spacial score (nSPS) is 12.2. The lowest BCUT2D eigenvalue weighted by molar-refractivity contribution is -0.139. The Hall–Kier alpha value is -1.55. The zero-order chi connectivity index (χ0) is 14.3. The first-order chi connectivity index (χ1) is 9.04. The Morgan fingerprint density at radius 1 is 1.47 bits per heavy atom. The topological polar surface area (TPSA) is 52.6 Å². The molecule has 106 valence electrons. The minimum atomic E-state index is -0.772. The Labute approximate surface area is 115 Å². The van der Waals surface area contributed by atoms with Crippen LogP contribution in [0.3, 0.4) is 0 Å². The van der Waals surface area contributed by atoms with Crippen LogP contribution in [0, 0.1) is 6.92 Å². The lowest BCUT2D eigenvalue weighted by atomic mass is 10.1. The average Bonchev–Trinajstić information content (AvgIpc) is 2.38. The highest BCUT2D eigenvalue weighted by Crippen LogP contribution is 2.14. The van der Waals surface area contributed by atoms with E-state index in [2.05, 4.69) is 29.3 Å². The third-order valence-electron chi connectivity index (χ3n) is 3.13. The molecule has 0 bridgehead atoms. The second-order valence-electron chi connectivity index (χ2n) is 4.89. The van der Waals surface area contributed by atoms with Gasteiger partial charge >= 0.3 is 5.97 Å². The van der Waals surface area contributed by atoms with E-state index in [1.165, 1.54) is 5.56 Å². The van der Waals surface area contributed by atoms with Crippen LogP contribution in [0.25, 0.3) is 0 Å². The Balaban J connectivity index is 2.51. The van der Waals surface area contributed by atoms with Crippen LogP contribution in [0.5, 0.6) is 0 Å². The van der Waals surface area contributed by atoms with E-state index in [-0.39, 0.29) is 0 Å². The molecule has 2 N–H and O–H groups in total. The molecule has 19 heavy (non-hydrogen) atoms. The maximum Gasteiger partial charge on any atom is 0.320 e. The molecule has 0 heterocycles. The molecule has 1 unspecified atom stereocenters. The van der Waals surface area contributed by atoms with E-state index >= 15 is 0 Å². The molecule has 0 aliphatic carbocycles. The van der Waals surface area contributed by atoms with Gasteiger partial charge in [0.05, 0.1) is 0 Å². The van der Waals surface area contributed by atoms with Gasteiger partial charge in [0.1, 0.15) is 6.04 Å². The van der Waals surface area contributed by atoms with Gasteiger partial charge < -0.3 is 15.3 Å². The van der Waals surface area contributed by atoms with Crippen LogP contribution in [0.1, 0.15) is 25.3 Å². The fraction of sp³-hybridized carbons (Fsp3) is 0.533. The summed E-state index contributed by atoms with van der Waals surface area (Å²) in [7, 11) is 1.99. The van der Waals surface area contributed by atoms with Gasteiger partial charge in [-0.05, 0) is 44.0 Å². The molecule has 4 nitrogen and oxygen atoms in total. The molecular formula is C15H24N2O2. The van der Waals surface area contributed by atoms with E-state index in [9.17, 15) is 4.79 Å². The lowest BCUT2D eigenvalue weighted by Gasteiger charge is -2.22. The van der Waals surface area contributed by atoms with Crippen LogP contribution in [0.2, 0.25) is 0 Å². The Kier molecular flexibility index (Phi) is 6.36. The predicted octanol–water partition coefficient (Wildman–Crippen LogP) is 2.27. The summed E-state index contributed by atoms with van der Waals surface area (Å²) in [5.74, 6) is -0.772. The highest BCUT2D eigenvalue weighted by molar-refractivity contribution is 5.73. The van der Waals surface area contributed by atoms with Crippen LogP contribution in [-0.4, -0.2) is 37.3 Å². The van der Waals surface area contributed by atoms with Gasteiger partial charge in [-0.2, -0.15) is 0 Å².